The van der Waals surface area contributed by atoms with Gasteiger partial charge in [-0.15, -0.1) is 0 Å². The summed E-state index contributed by atoms with van der Waals surface area (Å²) in [7, 11) is 0. The largest absolute Gasteiger partial charge is 0.401 e. The molecule has 1 aromatic rings. The molecule has 0 saturated carbocycles. The van der Waals surface area contributed by atoms with Crippen LogP contribution in [0.25, 0.3) is 0 Å². The molecule has 0 saturated heterocycles. The average Bonchev–Trinajstić information content (AvgIpc) is 2.37. The van der Waals surface area contributed by atoms with Gasteiger partial charge in [-0.05, 0) is 36.6 Å². The number of nitrogens with one attached hydrogen (secondary N) is 1. The molecule has 1 heterocycles. The van der Waals surface area contributed by atoms with Crippen LogP contribution in [0, 0.1) is 0 Å². The highest BCUT2D eigenvalue weighted by atomic mass is 19.4. The molecule has 106 valence electrons. The Hall–Kier alpha value is -1.23. The zero-order valence-electron chi connectivity index (χ0n) is 11.1. The van der Waals surface area contributed by atoms with Crippen LogP contribution in [-0.2, 0) is 13.0 Å². The first-order valence-electron chi connectivity index (χ1n) is 6.63. The summed E-state index contributed by atoms with van der Waals surface area (Å²) in [5, 5.41) is 3.30. The summed E-state index contributed by atoms with van der Waals surface area (Å²) < 4.78 is 37.4. The Morgan fingerprint density at radius 2 is 2.11 bits per heavy atom. The molecule has 0 aromatic heterocycles. The second-order valence-corrected chi connectivity index (χ2v) is 4.89. The van der Waals surface area contributed by atoms with Gasteiger partial charge in [-0.1, -0.05) is 19.1 Å². The molecule has 0 fully saturated rings. The molecule has 1 aromatic carbocycles. The molecule has 2 nitrogen and oxygen atoms in total. The maximum Gasteiger partial charge on any atom is 0.401 e. The number of fused-ring (bicyclic) bond motifs is 1. The van der Waals surface area contributed by atoms with Gasteiger partial charge < -0.3 is 5.32 Å². The normalized spacial score (nSPS) is 15.2. The molecule has 0 bridgehead atoms. The van der Waals surface area contributed by atoms with Gasteiger partial charge in [-0.3, -0.25) is 4.90 Å². The van der Waals surface area contributed by atoms with Crippen molar-refractivity contribution >= 4 is 5.69 Å². The van der Waals surface area contributed by atoms with E-state index in [2.05, 4.69) is 5.32 Å². The first kappa shape index (κ1) is 14.2. The second-order valence-electron chi connectivity index (χ2n) is 4.89. The topological polar surface area (TPSA) is 15.3 Å². The molecule has 1 aliphatic rings. The van der Waals surface area contributed by atoms with Crippen molar-refractivity contribution in [2.24, 2.45) is 0 Å². The Morgan fingerprint density at radius 3 is 2.79 bits per heavy atom. The third kappa shape index (κ3) is 3.86. The lowest BCUT2D eigenvalue weighted by Gasteiger charge is -2.26. The molecule has 1 aliphatic heterocycles. The van der Waals surface area contributed by atoms with Crippen LogP contribution in [0.1, 0.15) is 24.5 Å². The molecule has 5 heteroatoms. The monoisotopic (exact) mass is 272 g/mol. The first-order valence-corrected chi connectivity index (χ1v) is 6.63. The maximum absolute atomic E-state index is 12.5. The number of benzene rings is 1. The van der Waals surface area contributed by atoms with Crippen LogP contribution in [0.2, 0.25) is 0 Å². The van der Waals surface area contributed by atoms with Crippen LogP contribution >= 0.6 is 0 Å². The lowest BCUT2D eigenvalue weighted by atomic mass is 9.97. The van der Waals surface area contributed by atoms with E-state index in [0.29, 0.717) is 13.1 Å². The number of anilines is 1. The van der Waals surface area contributed by atoms with Gasteiger partial charge in [0.2, 0.25) is 0 Å². The quantitative estimate of drug-likeness (QED) is 0.903. The van der Waals surface area contributed by atoms with Crippen molar-refractivity contribution in [3.05, 3.63) is 29.3 Å². The van der Waals surface area contributed by atoms with Crippen molar-refractivity contribution in [1.82, 2.24) is 4.90 Å². The van der Waals surface area contributed by atoms with E-state index in [0.717, 1.165) is 30.6 Å². The summed E-state index contributed by atoms with van der Waals surface area (Å²) in [5.74, 6) is 0. The van der Waals surface area contributed by atoms with Crippen molar-refractivity contribution in [3.63, 3.8) is 0 Å². The summed E-state index contributed by atoms with van der Waals surface area (Å²) in [6.07, 6.45) is -2.15. The van der Waals surface area contributed by atoms with Crippen molar-refractivity contribution in [1.29, 1.82) is 0 Å². The smallest absolute Gasteiger partial charge is 0.385 e. The molecule has 0 atom stereocenters. The van der Waals surface area contributed by atoms with Gasteiger partial charge >= 0.3 is 6.18 Å². The van der Waals surface area contributed by atoms with Crippen LogP contribution < -0.4 is 5.32 Å². The Balaban J connectivity index is 2.13. The van der Waals surface area contributed by atoms with E-state index in [4.69, 9.17) is 0 Å². The third-order valence-corrected chi connectivity index (χ3v) is 3.44. The van der Waals surface area contributed by atoms with E-state index < -0.39 is 12.7 Å². The highest BCUT2D eigenvalue weighted by Gasteiger charge is 2.30. The Bertz CT molecular complexity index is 429. The molecule has 0 amide bonds. The first-order chi connectivity index (χ1) is 8.99. The molecule has 0 aliphatic carbocycles. The molecular weight excluding hydrogens is 253 g/mol. The van der Waals surface area contributed by atoms with Crippen LogP contribution in [0.4, 0.5) is 18.9 Å². The summed E-state index contributed by atoms with van der Waals surface area (Å²) in [4.78, 5) is 1.43. The van der Waals surface area contributed by atoms with Gasteiger partial charge in [0.1, 0.15) is 0 Å². The van der Waals surface area contributed by atoms with Crippen molar-refractivity contribution in [3.8, 4) is 0 Å². The van der Waals surface area contributed by atoms with Gasteiger partial charge in [0.25, 0.3) is 0 Å². The fraction of sp³-hybridized carbons (Fsp3) is 0.571. The number of nitrogens with zero attached hydrogens (tertiary/aromatic N) is 1. The minimum Gasteiger partial charge on any atom is -0.385 e. The van der Waals surface area contributed by atoms with Crippen molar-refractivity contribution in [2.45, 2.75) is 32.5 Å². The van der Waals surface area contributed by atoms with Crippen molar-refractivity contribution in [2.75, 3.05) is 25.0 Å². The lowest BCUT2D eigenvalue weighted by molar-refractivity contribution is -0.146. The number of alkyl halides is 3. The zero-order valence-corrected chi connectivity index (χ0v) is 11.1. The van der Waals surface area contributed by atoms with Crippen LogP contribution in [0.3, 0.4) is 0 Å². The van der Waals surface area contributed by atoms with E-state index in [1.54, 1.807) is 6.92 Å². The van der Waals surface area contributed by atoms with Crippen LogP contribution in [0.5, 0.6) is 0 Å². The number of hydrogen-bond acceptors (Lipinski definition) is 2. The SMILES string of the molecule is CCN(Cc1cccc2c1CCCN2)CC(F)(F)F. The maximum atomic E-state index is 12.5. The lowest BCUT2D eigenvalue weighted by Crippen LogP contribution is -2.34. The van der Waals surface area contributed by atoms with Gasteiger partial charge in [-0.2, -0.15) is 13.2 Å². The fourth-order valence-electron chi connectivity index (χ4n) is 2.51. The van der Waals surface area contributed by atoms with E-state index in [1.807, 2.05) is 18.2 Å². The summed E-state index contributed by atoms with van der Waals surface area (Å²) in [6, 6.07) is 5.84. The van der Waals surface area contributed by atoms with E-state index in [9.17, 15) is 13.2 Å². The number of hydrogen-bond donors (Lipinski definition) is 1. The summed E-state index contributed by atoms with van der Waals surface area (Å²) in [5.41, 5.74) is 3.26. The Labute approximate surface area is 111 Å². The van der Waals surface area contributed by atoms with Gasteiger partial charge in [0.05, 0.1) is 6.54 Å². The highest BCUT2D eigenvalue weighted by Crippen LogP contribution is 2.27. The summed E-state index contributed by atoms with van der Waals surface area (Å²) in [6.45, 7) is 2.62. The van der Waals surface area contributed by atoms with E-state index in [1.165, 1.54) is 10.5 Å². The third-order valence-electron chi connectivity index (χ3n) is 3.44. The molecule has 19 heavy (non-hydrogen) atoms. The molecule has 1 N–H and O–H groups in total. The van der Waals surface area contributed by atoms with E-state index in [-0.39, 0.29) is 0 Å². The summed E-state index contributed by atoms with van der Waals surface area (Å²) >= 11 is 0. The standard InChI is InChI=1S/C14H19F3N2/c1-2-19(10-14(15,16)17)9-11-5-3-7-13-12(11)6-4-8-18-13/h3,5,7,18H,2,4,6,8-10H2,1H3. The van der Waals surface area contributed by atoms with Crippen molar-refractivity contribution < 1.29 is 13.2 Å². The molecule has 0 unspecified atom stereocenters. The molecule has 2 rings (SSSR count). The van der Waals surface area contributed by atoms with E-state index >= 15 is 0 Å². The average molecular weight is 272 g/mol. The second kappa shape index (κ2) is 5.82. The predicted octanol–water partition coefficient (Wildman–Crippen LogP) is 3.43. The minimum atomic E-state index is -4.14. The zero-order chi connectivity index (χ0) is 13.9. The Morgan fingerprint density at radius 1 is 1.32 bits per heavy atom. The predicted molar refractivity (Wildman–Crippen MR) is 70.3 cm³/mol. The van der Waals surface area contributed by atoms with Crippen LogP contribution in [0.15, 0.2) is 18.2 Å². The van der Waals surface area contributed by atoms with Crippen LogP contribution in [-0.4, -0.2) is 30.7 Å². The van der Waals surface area contributed by atoms with Gasteiger partial charge in [0, 0.05) is 18.8 Å². The number of halogens is 3. The molecule has 0 radical (unpaired) electrons. The minimum absolute atomic E-state index is 0.362. The highest BCUT2D eigenvalue weighted by molar-refractivity contribution is 5.56. The molecular formula is C14H19F3N2. The van der Waals surface area contributed by atoms with Gasteiger partial charge in [0.15, 0.2) is 0 Å². The Kier molecular flexibility index (Phi) is 4.34. The van der Waals surface area contributed by atoms with Gasteiger partial charge in [-0.25, -0.2) is 0 Å². The fourth-order valence-corrected chi connectivity index (χ4v) is 2.51. The number of rotatable bonds is 4. The molecule has 0 spiro atoms.